The normalized spacial score (nSPS) is 10.7. The predicted octanol–water partition coefficient (Wildman–Crippen LogP) is 2.54. The van der Waals surface area contributed by atoms with Gasteiger partial charge in [0.25, 0.3) is 17.7 Å². The van der Waals surface area contributed by atoms with Crippen LogP contribution in [-0.2, 0) is 32.2 Å². The molecule has 2 heterocycles. The highest BCUT2D eigenvalue weighted by atomic mass is 16.6. The van der Waals surface area contributed by atoms with E-state index in [0.29, 0.717) is 27.4 Å². The third-order valence-corrected chi connectivity index (χ3v) is 6.43. The second-order valence-electron chi connectivity index (χ2n) is 11.3. The number of fused-ring (bicyclic) bond motifs is 2. The van der Waals surface area contributed by atoms with Crippen LogP contribution < -0.4 is 17.2 Å². The van der Waals surface area contributed by atoms with E-state index in [1.54, 1.807) is 81.4 Å². The summed E-state index contributed by atoms with van der Waals surface area (Å²) in [7, 11) is 0. The zero-order chi connectivity index (χ0) is 35.8. The number of esters is 1. The molecule has 0 spiro atoms. The van der Waals surface area contributed by atoms with Crippen LogP contribution >= 0.6 is 0 Å². The van der Waals surface area contributed by atoms with Crippen molar-refractivity contribution in [3.8, 4) is 0 Å². The minimum absolute atomic E-state index is 0.0644. The summed E-state index contributed by atoms with van der Waals surface area (Å²) < 4.78 is 7.93. The molecule has 15 heteroatoms. The molecule has 8 N–H and O–H groups in total. The Morgan fingerprint density at radius 2 is 1.19 bits per heavy atom. The third-order valence-electron chi connectivity index (χ3n) is 6.43. The van der Waals surface area contributed by atoms with Gasteiger partial charge in [0.1, 0.15) is 24.4 Å². The minimum atomic E-state index is -1.02. The fourth-order valence-electron chi connectivity index (χ4n) is 4.47. The van der Waals surface area contributed by atoms with Crippen molar-refractivity contribution in [1.82, 2.24) is 19.6 Å². The van der Waals surface area contributed by atoms with Gasteiger partial charge in [-0.05, 0) is 45.4 Å². The SMILES string of the molecule is CC(C)(C)OC(=O)Cn1nc(C(N)=O)c2ccccc21.Cc1ccccc1C(=N)C(N)=O.NC(=O)c1nn(CC(=O)O)c2ccccc12. The van der Waals surface area contributed by atoms with Crippen LogP contribution in [0.4, 0.5) is 0 Å². The van der Waals surface area contributed by atoms with Crippen LogP contribution in [0.2, 0.25) is 0 Å². The van der Waals surface area contributed by atoms with E-state index >= 15 is 0 Å². The van der Waals surface area contributed by atoms with E-state index in [2.05, 4.69) is 10.2 Å². The summed E-state index contributed by atoms with van der Waals surface area (Å²) in [6.45, 7) is 6.86. The molecule has 0 saturated heterocycles. The molecular formula is C33H36N8O7. The summed E-state index contributed by atoms with van der Waals surface area (Å²) >= 11 is 0. The number of aliphatic carboxylic acids is 1. The molecule has 2 aromatic heterocycles. The number of amides is 3. The van der Waals surface area contributed by atoms with Gasteiger partial charge < -0.3 is 27.0 Å². The molecule has 3 aromatic carbocycles. The average Bonchev–Trinajstić information content (AvgIpc) is 3.55. The number of carboxylic acids is 1. The van der Waals surface area contributed by atoms with Crippen molar-refractivity contribution in [3.63, 3.8) is 0 Å². The number of hydrogen-bond donors (Lipinski definition) is 5. The largest absolute Gasteiger partial charge is 0.480 e. The van der Waals surface area contributed by atoms with Crippen molar-refractivity contribution in [2.75, 3.05) is 0 Å². The van der Waals surface area contributed by atoms with E-state index in [0.717, 1.165) is 5.56 Å². The smallest absolute Gasteiger partial charge is 0.328 e. The summed E-state index contributed by atoms with van der Waals surface area (Å²) in [5.74, 6) is -3.42. The number of nitrogens with zero attached hydrogens (tertiary/aromatic N) is 4. The molecule has 48 heavy (non-hydrogen) atoms. The maximum absolute atomic E-state index is 11.9. The molecule has 0 saturated carbocycles. The molecule has 0 fully saturated rings. The van der Waals surface area contributed by atoms with Gasteiger partial charge in [0.15, 0.2) is 11.4 Å². The highest BCUT2D eigenvalue weighted by molar-refractivity contribution is 6.43. The highest BCUT2D eigenvalue weighted by Gasteiger charge is 2.20. The van der Waals surface area contributed by atoms with Crippen LogP contribution in [0, 0.1) is 12.3 Å². The summed E-state index contributed by atoms with van der Waals surface area (Å²) in [5, 5.41) is 25.2. The lowest BCUT2D eigenvalue weighted by molar-refractivity contribution is -0.155. The first-order chi connectivity index (χ1) is 22.5. The Bertz CT molecular complexity index is 2020. The van der Waals surface area contributed by atoms with Gasteiger partial charge in [-0.2, -0.15) is 10.2 Å². The molecule has 0 aliphatic heterocycles. The van der Waals surface area contributed by atoms with Crippen LogP contribution in [0.25, 0.3) is 21.8 Å². The molecule has 15 nitrogen and oxygen atoms in total. The number of rotatable bonds is 8. The number of aromatic nitrogens is 4. The molecule has 3 amide bonds. The number of nitrogens with two attached hydrogens (primary N) is 3. The number of carbonyl (C=O) groups is 5. The Morgan fingerprint density at radius 1 is 0.750 bits per heavy atom. The van der Waals surface area contributed by atoms with Gasteiger partial charge in [-0.15, -0.1) is 0 Å². The second kappa shape index (κ2) is 15.3. The lowest BCUT2D eigenvalue weighted by Gasteiger charge is -2.19. The maximum Gasteiger partial charge on any atom is 0.328 e. The maximum atomic E-state index is 11.9. The number of carbonyl (C=O) groups excluding carboxylic acids is 4. The Kier molecular flexibility index (Phi) is 11.5. The molecule has 0 unspecified atom stereocenters. The first-order valence-electron chi connectivity index (χ1n) is 14.4. The second-order valence-corrected chi connectivity index (χ2v) is 11.3. The van der Waals surface area contributed by atoms with Crippen molar-refractivity contribution in [2.45, 2.75) is 46.4 Å². The predicted molar refractivity (Wildman–Crippen MR) is 177 cm³/mol. The summed E-state index contributed by atoms with van der Waals surface area (Å²) in [6, 6.07) is 21.1. The topological polar surface area (TPSA) is 252 Å². The molecular weight excluding hydrogens is 620 g/mol. The zero-order valence-corrected chi connectivity index (χ0v) is 26.8. The number of hydrogen-bond acceptors (Lipinski definition) is 9. The van der Waals surface area contributed by atoms with Crippen LogP contribution in [0.3, 0.4) is 0 Å². The molecule has 0 aliphatic carbocycles. The fourth-order valence-corrected chi connectivity index (χ4v) is 4.47. The van der Waals surface area contributed by atoms with E-state index in [4.69, 9.17) is 32.5 Å². The fraction of sp³-hybridized carbons (Fsp3) is 0.212. The monoisotopic (exact) mass is 656 g/mol. The number of nitrogens with one attached hydrogen (secondary N) is 1. The highest BCUT2D eigenvalue weighted by Crippen LogP contribution is 2.19. The number of primary amides is 3. The van der Waals surface area contributed by atoms with Gasteiger partial charge in [0.2, 0.25) is 0 Å². The van der Waals surface area contributed by atoms with E-state index in [1.807, 2.05) is 19.1 Å². The lowest BCUT2D eigenvalue weighted by atomic mass is 10.0. The summed E-state index contributed by atoms with van der Waals surface area (Å²) in [5.41, 5.74) is 17.7. The van der Waals surface area contributed by atoms with Gasteiger partial charge in [0, 0.05) is 16.3 Å². The van der Waals surface area contributed by atoms with Crippen LogP contribution in [0.5, 0.6) is 0 Å². The average molecular weight is 657 g/mol. The van der Waals surface area contributed by atoms with Crippen molar-refractivity contribution >= 4 is 57.2 Å². The Morgan fingerprint density at radius 3 is 1.60 bits per heavy atom. The number of ether oxygens (including phenoxy) is 1. The molecule has 0 atom stereocenters. The number of carboxylic acid groups (broad SMARTS) is 1. The van der Waals surface area contributed by atoms with E-state index in [9.17, 15) is 24.0 Å². The Balaban J connectivity index is 0.000000202. The van der Waals surface area contributed by atoms with Gasteiger partial charge in [0.05, 0.1) is 11.0 Å². The van der Waals surface area contributed by atoms with Crippen molar-refractivity contribution < 1.29 is 33.8 Å². The minimum Gasteiger partial charge on any atom is -0.480 e. The van der Waals surface area contributed by atoms with Gasteiger partial charge >= 0.3 is 11.9 Å². The van der Waals surface area contributed by atoms with Gasteiger partial charge in [-0.3, -0.25) is 38.7 Å². The first kappa shape index (κ1) is 36.1. The van der Waals surface area contributed by atoms with Crippen LogP contribution in [0.15, 0.2) is 72.8 Å². The van der Waals surface area contributed by atoms with Crippen molar-refractivity contribution in [2.24, 2.45) is 17.2 Å². The Labute approximate surface area is 274 Å². The van der Waals surface area contributed by atoms with Crippen molar-refractivity contribution in [3.05, 3.63) is 95.3 Å². The zero-order valence-electron chi connectivity index (χ0n) is 26.8. The lowest BCUT2D eigenvalue weighted by Crippen LogP contribution is -2.27. The molecule has 0 aliphatic rings. The summed E-state index contributed by atoms with van der Waals surface area (Å²) in [4.78, 5) is 55.6. The van der Waals surface area contributed by atoms with E-state index in [-0.39, 0.29) is 30.2 Å². The van der Waals surface area contributed by atoms with E-state index in [1.165, 1.54) is 9.36 Å². The van der Waals surface area contributed by atoms with Gasteiger partial charge in [-0.1, -0.05) is 60.7 Å². The van der Waals surface area contributed by atoms with Gasteiger partial charge in [-0.25, -0.2) is 0 Å². The number of para-hydroxylation sites is 2. The van der Waals surface area contributed by atoms with Crippen LogP contribution in [-0.4, -0.2) is 65.6 Å². The molecule has 5 aromatic rings. The van der Waals surface area contributed by atoms with Crippen LogP contribution in [0.1, 0.15) is 52.9 Å². The van der Waals surface area contributed by atoms with E-state index < -0.39 is 35.3 Å². The standard InChI is InChI=1S/C14H17N3O3.C10H9N3O3.C9H10N2O/c1-14(2,3)20-11(18)8-17-10-7-5-4-6-9(10)12(16-17)13(15)19;11-10(16)9-6-3-1-2-4-7(6)13(12-9)5-8(14)15;1-6-4-2-3-5-7(6)8(10)9(11)12/h4-7H,8H2,1-3H3,(H2,15,19);1-4H,5H2,(H2,11,16)(H,14,15);2-5,10H,1H3,(H2,11,12). The van der Waals surface area contributed by atoms with Crippen molar-refractivity contribution in [1.29, 1.82) is 5.41 Å². The molecule has 5 rings (SSSR count). The molecule has 0 radical (unpaired) electrons. The third kappa shape index (κ3) is 9.32. The first-order valence-corrected chi connectivity index (χ1v) is 14.4. The Hall–Kier alpha value is -6.38. The molecule has 0 bridgehead atoms. The molecule has 250 valence electrons. The quantitative estimate of drug-likeness (QED) is 0.121. The number of benzene rings is 3. The number of aryl methyl sites for hydroxylation is 1. The summed E-state index contributed by atoms with van der Waals surface area (Å²) in [6.07, 6.45) is 0.